The van der Waals surface area contributed by atoms with Gasteiger partial charge >= 0.3 is 11.8 Å². The van der Waals surface area contributed by atoms with Crippen LogP contribution in [0.15, 0.2) is 124 Å². The summed E-state index contributed by atoms with van der Waals surface area (Å²) in [5, 5.41) is 0.761. The minimum Gasteiger partial charge on any atom is -0.449 e. The lowest BCUT2D eigenvalue weighted by atomic mass is 9.77. The van der Waals surface area contributed by atoms with Crippen molar-refractivity contribution in [2.24, 2.45) is 20.0 Å². The van der Waals surface area contributed by atoms with Crippen LogP contribution in [-0.4, -0.2) is 45.4 Å². The largest absolute Gasteiger partial charge is 0.449 e. The van der Waals surface area contributed by atoms with Gasteiger partial charge in [-0.2, -0.15) is 0 Å². The molecule has 4 aromatic carbocycles. The Morgan fingerprint density at radius 1 is 0.828 bits per heavy atom. The van der Waals surface area contributed by atoms with E-state index in [1.54, 1.807) is 48.3 Å². The average Bonchev–Trinajstić information content (AvgIpc) is 3.60. The van der Waals surface area contributed by atoms with Gasteiger partial charge in [0, 0.05) is 37.9 Å². The van der Waals surface area contributed by atoms with Gasteiger partial charge in [0.25, 0.3) is 15.6 Å². The van der Waals surface area contributed by atoms with E-state index in [4.69, 9.17) is 14.2 Å². The van der Waals surface area contributed by atoms with E-state index in [1.165, 1.54) is 15.6 Å². The molecule has 1 amide bonds. The quantitative estimate of drug-likeness (QED) is 0.145. The maximum Gasteiger partial charge on any atom is 0.410 e. The molecule has 4 heterocycles. The number of fused-ring (bicyclic) bond motifs is 4. The van der Waals surface area contributed by atoms with Crippen molar-refractivity contribution in [2.75, 3.05) is 6.54 Å². The summed E-state index contributed by atoms with van der Waals surface area (Å²) in [6, 6.07) is 32.2. The number of benzene rings is 4. The fourth-order valence-electron chi connectivity index (χ4n) is 8.60. The van der Waals surface area contributed by atoms with Gasteiger partial charge in [-0.05, 0) is 61.1 Å². The molecule has 2 aliphatic rings. The lowest BCUT2D eigenvalue weighted by Gasteiger charge is -2.43. The van der Waals surface area contributed by atoms with Crippen molar-refractivity contribution in [3.8, 4) is 5.88 Å². The maximum absolute atomic E-state index is 15.0. The molecular formula is C45H46N4O8S. The molecule has 0 bridgehead atoms. The van der Waals surface area contributed by atoms with E-state index in [0.29, 0.717) is 24.1 Å². The van der Waals surface area contributed by atoms with Gasteiger partial charge in [-0.1, -0.05) is 103 Å². The second kappa shape index (κ2) is 15.8. The molecule has 4 atom stereocenters. The molecule has 0 unspecified atom stereocenters. The fraction of sp³-hybridized carbons (Fsp3) is 0.311. The summed E-state index contributed by atoms with van der Waals surface area (Å²) >= 11 is 0. The molecule has 300 valence electrons. The summed E-state index contributed by atoms with van der Waals surface area (Å²) in [7, 11) is -1.26. The van der Waals surface area contributed by atoms with Crippen molar-refractivity contribution in [2.45, 2.75) is 69.5 Å². The van der Waals surface area contributed by atoms with Gasteiger partial charge in [0.2, 0.25) is 12.2 Å². The van der Waals surface area contributed by atoms with Crippen LogP contribution in [0.3, 0.4) is 0 Å². The lowest BCUT2D eigenvalue weighted by Crippen LogP contribution is -2.49. The SMILES string of the molecule is CC[C@@H]1[C@@H](OCc2ccccc2)Oc2c(c(=O)n(C)c(=O)n2C)[C@H]1C[C@H]1c2c(c3ccccc3n2S(=O)(=O)c2ccc(C)cc2)CCN1C(=O)OCc1ccccc1. The van der Waals surface area contributed by atoms with Crippen LogP contribution in [0.1, 0.15) is 65.2 Å². The first-order chi connectivity index (χ1) is 28.0. The summed E-state index contributed by atoms with van der Waals surface area (Å²) in [6.07, 6.45) is -0.540. The Balaban J connectivity index is 1.32. The zero-order valence-corrected chi connectivity index (χ0v) is 33.7. The molecule has 6 aromatic rings. The molecule has 12 nitrogen and oxygen atoms in total. The Morgan fingerprint density at radius 2 is 1.47 bits per heavy atom. The summed E-state index contributed by atoms with van der Waals surface area (Å²) in [6.45, 7) is 4.32. The first kappa shape index (κ1) is 38.9. The van der Waals surface area contributed by atoms with Crippen LogP contribution in [0.5, 0.6) is 5.88 Å². The Kier molecular flexibility index (Phi) is 10.6. The van der Waals surface area contributed by atoms with Gasteiger partial charge in [0.15, 0.2) is 0 Å². The summed E-state index contributed by atoms with van der Waals surface area (Å²) in [5.74, 6) is -1.02. The third kappa shape index (κ3) is 6.92. The number of rotatable bonds is 10. The number of para-hydroxylation sites is 1. The first-order valence-electron chi connectivity index (χ1n) is 19.5. The van der Waals surface area contributed by atoms with E-state index in [1.807, 2.05) is 86.6 Å². The Bertz CT molecular complexity index is 2710. The highest BCUT2D eigenvalue weighted by atomic mass is 32.2. The molecule has 0 N–H and O–H groups in total. The molecular weight excluding hydrogens is 757 g/mol. The van der Waals surface area contributed by atoms with Crippen LogP contribution in [0.2, 0.25) is 0 Å². The molecule has 2 aromatic heterocycles. The van der Waals surface area contributed by atoms with Crippen molar-refractivity contribution in [1.82, 2.24) is 18.0 Å². The highest BCUT2D eigenvalue weighted by molar-refractivity contribution is 7.90. The van der Waals surface area contributed by atoms with Crippen molar-refractivity contribution in [1.29, 1.82) is 0 Å². The van der Waals surface area contributed by atoms with Gasteiger partial charge in [-0.3, -0.25) is 18.8 Å². The van der Waals surface area contributed by atoms with E-state index in [-0.39, 0.29) is 42.5 Å². The van der Waals surface area contributed by atoms with E-state index in [9.17, 15) is 22.8 Å². The van der Waals surface area contributed by atoms with E-state index >= 15 is 0 Å². The molecule has 13 heteroatoms. The van der Waals surface area contributed by atoms with Crippen LogP contribution in [-0.2, 0) is 53.2 Å². The minimum atomic E-state index is -4.24. The minimum absolute atomic E-state index is 0.0101. The van der Waals surface area contributed by atoms with Gasteiger partial charge in [0.05, 0.1) is 34.3 Å². The van der Waals surface area contributed by atoms with Crippen LogP contribution in [0, 0.1) is 12.8 Å². The number of hydrogen-bond donors (Lipinski definition) is 0. The number of nitrogens with zero attached hydrogens (tertiary/aromatic N) is 4. The smallest absolute Gasteiger partial charge is 0.410 e. The number of ether oxygens (including phenoxy) is 3. The molecule has 2 aliphatic heterocycles. The molecule has 0 saturated heterocycles. The fourth-order valence-corrected chi connectivity index (χ4v) is 10.2. The maximum atomic E-state index is 15.0. The molecule has 0 aliphatic carbocycles. The van der Waals surface area contributed by atoms with Crippen LogP contribution in [0.4, 0.5) is 4.79 Å². The standard InChI is InChI=1S/C45H46N4O8S/c1-5-33-36(39-41(50)46(3)44(51)47(4)42(39)57-43(33)55-27-30-14-8-6-9-15-30)26-38-40-35(24-25-48(38)45(52)56-28-31-16-10-7-11-17-31)34-18-12-13-19-37(34)49(40)58(53,54)32-22-20-29(2)21-23-32/h6-23,33,36,38,43H,5,24-28H2,1-4H3/t33-,36-,38-,43-/m0/s1. The van der Waals surface area contributed by atoms with Crippen molar-refractivity contribution in [3.05, 3.63) is 164 Å². The average molecular weight is 803 g/mol. The van der Waals surface area contributed by atoms with Gasteiger partial charge in [-0.25, -0.2) is 22.0 Å². The molecule has 58 heavy (non-hydrogen) atoms. The number of carbonyl (C=O) groups is 1. The highest BCUT2D eigenvalue weighted by Crippen LogP contribution is 2.49. The topological polar surface area (TPSA) is 131 Å². The van der Waals surface area contributed by atoms with Gasteiger partial charge in [-0.15, -0.1) is 0 Å². The Hall–Kier alpha value is -5.92. The van der Waals surface area contributed by atoms with Gasteiger partial charge in [0.1, 0.15) is 6.61 Å². The normalized spacial score (nSPS) is 19.0. The monoisotopic (exact) mass is 802 g/mol. The first-order valence-corrected chi connectivity index (χ1v) is 21.0. The van der Waals surface area contributed by atoms with Crippen LogP contribution >= 0.6 is 0 Å². The van der Waals surface area contributed by atoms with Gasteiger partial charge < -0.3 is 14.2 Å². The summed E-state index contributed by atoms with van der Waals surface area (Å²) in [5.41, 5.74) is 3.52. The Morgan fingerprint density at radius 3 is 2.14 bits per heavy atom. The van der Waals surface area contributed by atoms with E-state index in [2.05, 4.69) is 0 Å². The molecule has 0 spiro atoms. The summed E-state index contributed by atoms with van der Waals surface area (Å²) in [4.78, 5) is 43.8. The number of aryl methyl sites for hydroxylation is 1. The lowest BCUT2D eigenvalue weighted by molar-refractivity contribution is -0.146. The van der Waals surface area contributed by atoms with E-state index < -0.39 is 51.5 Å². The number of hydrogen-bond acceptors (Lipinski definition) is 8. The predicted octanol–water partition coefficient (Wildman–Crippen LogP) is 6.96. The van der Waals surface area contributed by atoms with Crippen LogP contribution < -0.4 is 16.0 Å². The van der Waals surface area contributed by atoms with Crippen molar-refractivity contribution in [3.63, 3.8) is 0 Å². The zero-order chi connectivity index (χ0) is 40.7. The zero-order valence-electron chi connectivity index (χ0n) is 32.9. The van der Waals surface area contributed by atoms with Crippen molar-refractivity contribution < 1.29 is 27.4 Å². The highest BCUT2D eigenvalue weighted by Gasteiger charge is 2.47. The number of aromatic nitrogens is 3. The predicted molar refractivity (Wildman–Crippen MR) is 219 cm³/mol. The molecule has 0 radical (unpaired) electrons. The van der Waals surface area contributed by atoms with E-state index in [0.717, 1.165) is 32.2 Å². The third-order valence-electron chi connectivity index (χ3n) is 11.6. The molecule has 0 saturated carbocycles. The Labute approximate surface area is 336 Å². The molecule has 8 rings (SSSR count). The van der Waals surface area contributed by atoms with Crippen LogP contribution in [0.25, 0.3) is 10.9 Å². The number of carbonyl (C=O) groups excluding carboxylic acids is 1. The van der Waals surface area contributed by atoms with Crippen molar-refractivity contribution >= 4 is 27.0 Å². The summed E-state index contributed by atoms with van der Waals surface area (Å²) < 4.78 is 52.7. The second-order valence-electron chi connectivity index (χ2n) is 15.1. The second-order valence-corrected chi connectivity index (χ2v) is 16.9. The number of amides is 1. The molecule has 0 fully saturated rings. The third-order valence-corrected chi connectivity index (χ3v) is 13.3.